The summed E-state index contributed by atoms with van der Waals surface area (Å²) in [6, 6.07) is 6.58. The molecule has 0 saturated carbocycles. The van der Waals surface area contributed by atoms with Gasteiger partial charge in [-0.1, -0.05) is 12.1 Å². The zero-order chi connectivity index (χ0) is 19.5. The van der Waals surface area contributed by atoms with Crippen LogP contribution in [0.2, 0.25) is 0 Å². The van der Waals surface area contributed by atoms with Crippen LogP contribution < -0.4 is 4.72 Å². The number of rotatable bonds is 5. The number of ether oxygens (including phenoxy) is 1. The van der Waals surface area contributed by atoms with Crippen LogP contribution in [-0.4, -0.2) is 26.6 Å². The van der Waals surface area contributed by atoms with Crippen LogP contribution >= 0.6 is 0 Å². The van der Waals surface area contributed by atoms with Crippen LogP contribution in [0.1, 0.15) is 30.0 Å². The maximum Gasteiger partial charge on any atom is 0.416 e. The van der Waals surface area contributed by atoms with Gasteiger partial charge in [0.25, 0.3) is 0 Å². The van der Waals surface area contributed by atoms with E-state index in [-0.39, 0.29) is 5.92 Å². The summed E-state index contributed by atoms with van der Waals surface area (Å²) >= 11 is 0. The van der Waals surface area contributed by atoms with E-state index in [9.17, 15) is 21.6 Å². The molecule has 1 aromatic heterocycles. The molecule has 1 saturated heterocycles. The van der Waals surface area contributed by atoms with Crippen LogP contribution in [-0.2, 0) is 20.9 Å². The number of benzene rings is 1. The largest absolute Gasteiger partial charge is 0.416 e. The van der Waals surface area contributed by atoms with Crippen molar-refractivity contribution in [1.82, 2.24) is 9.71 Å². The standard InChI is InChI=1S/C18H19F3N2O3S/c19-18(20,21)15-4-1-5-16(11-15)27(24,25)23-17(13-6-9-26-10-7-13)14-3-2-8-22-12-14/h1-5,8,11-13,17,23H,6-7,9-10H2. The molecule has 146 valence electrons. The van der Waals surface area contributed by atoms with Crippen LogP contribution in [0.3, 0.4) is 0 Å². The highest BCUT2D eigenvalue weighted by atomic mass is 32.2. The van der Waals surface area contributed by atoms with Crippen molar-refractivity contribution in [1.29, 1.82) is 0 Å². The highest BCUT2D eigenvalue weighted by Gasteiger charge is 2.33. The summed E-state index contributed by atoms with van der Waals surface area (Å²) < 4.78 is 72.3. The van der Waals surface area contributed by atoms with Crippen LogP contribution in [0, 0.1) is 5.92 Å². The molecule has 0 spiro atoms. The van der Waals surface area contributed by atoms with Gasteiger partial charge < -0.3 is 4.74 Å². The van der Waals surface area contributed by atoms with Gasteiger partial charge in [0, 0.05) is 25.6 Å². The third-order valence-corrected chi connectivity index (χ3v) is 5.97. The Morgan fingerprint density at radius 3 is 2.52 bits per heavy atom. The Balaban J connectivity index is 1.92. The fraction of sp³-hybridized carbons (Fsp3) is 0.389. The molecule has 1 N–H and O–H groups in total. The molecule has 1 atom stereocenters. The summed E-state index contributed by atoms with van der Waals surface area (Å²) in [4.78, 5) is 3.62. The maximum atomic E-state index is 12.9. The van der Waals surface area contributed by atoms with Crippen molar-refractivity contribution in [2.45, 2.75) is 30.0 Å². The summed E-state index contributed by atoms with van der Waals surface area (Å²) in [5.74, 6) is -0.0384. The van der Waals surface area contributed by atoms with Crippen LogP contribution in [0.4, 0.5) is 13.2 Å². The van der Waals surface area contributed by atoms with Crippen LogP contribution in [0.25, 0.3) is 0 Å². The molecular weight excluding hydrogens is 381 g/mol. The number of alkyl halides is 3. The molecule has 1 unspecified atom stereocenters. The monoisotopic (exact) mass is 400 g/mol. The van der Waals surface area contributed by atoms with Gasteiger partial charge in [0.1, 0.15) is 0 Å². The number of aromatic nitrogens is 1. The molecule has 1 aromatic carbocycles. The van der Waals surface area contributed by atoms with E-state index < -0.39 is 32.7 Å². The summed E-state index contributed by atoms with van der Waals surface area (Å²) in [5, 5.41) is 0. The molecule has 27 heavy (non-hydrogen) atoms. The van der Waals surface area contributed by atoms with Gasteiger partial charge in [-0.3, -0.25) is 4.98 Å². The number of halogens is 3. The fourth-order valence-corrected chi connectivity index (χ4v) is 4.46. The van der Waals surface area contributed by atoms with E-state index in [1.807, 2.05) is 0 Å². The van der Waals surface area contributed by atoms with Gasteiger partial charge in [-0.2, -0.15) is 13.2 Å². The topological polar surface area (TPSA) is 68.3 Å². The molecule has 1 aliphatic rings. The number of hydrogen-bond acceptors (Lipinski definition) is 4. The Morgan fingerprint density at radius 2 is 1.89 bits per heavy atom. The molecule has 0 radical (unpaired) electrons. The highest BCUT2D eigenvalue weighted by molar-refractivity contribution is 7.89. The molecule has 9 heteroatoms. The lowest BCUT2D eigenvalue weighted by Gasteiger charge is -2.31. The second-order valence-electron chi connectivity index (χ2n) is 6.36. The summed E-state index contributed by atoms with van der Waals surface area (Å²) in [6.45, 7) is 1.01. The van der Waals surface area contributed by atoms with E-state index in [1.165, 1.54) is 0 Å². The number of sulfonamides is 1. The van der Waals surface area contributed by atoms with Gasteiger partial charge in [0.05, 0.1) is 16.5 Å². The number of nitrogens with zero attached hydrogens (tertiary/aromatic N) is 1. The van der Waals surface area contributed by atoms with Crippen molar-refractivity contribution in [3.8, 4) is 0 Å². The first kappa shape index (κ1) is 19.8. The Labute approximate surface area is 155 Å². The van der Waals surface area contributed by atoms with Crippen molar-refractivity contribution in [2.75, 3.05) is 13.2 Å². The molecule has 2 heterocycles. The number of pyridine rings is 1. The van der Waals surface area contributed by atoms with Crippen molar-refractivity contribution in [2.24, 2.45) is 5.92 Å². The first-order chi connectivity index (χ1) is 12.8. The second kappa shape index (κ2) is 7.95. The molecule has 0 aliphatic carbocycles. The van der Waals surface area contributed by atoms with Gasteiger partial charge >= 0.3 is 6.18 Å². The summed E-state index contributed by atoms with van der Waals surface area (Å²) in [7, 11) is -4.16. The summed E-state index contributed by atoms with van der Waals surface area (Å²) in [6.07, 6.45) is -0.190. The maximum absolute atomic E-state index is 12.9. The minimum absolute atomic E-state index is 0.0384. The van der Waals surface area contributed by atoms with E-state index in [2.05, 4.69) is 9.71 Å². The second-order valence-corrected chi connectivity index (χ2v) is 8.07. The van der Waals surface area contributed by atoms with Gasteiger partial charge in [-0.25, -0.2) is 13.1 Å². The molecule has 0 amide bonds. The normalized spacial score (nSPS) is 17.6. The Bertz CT molecular complexity index is 867. The quantitative estimate of drug-likeness (QED) is 0.834. The molecular formula is C18H19F3N2O3S. The fourth-order valence-electron chi connectivity index (χ4n) is 3.12. The van der Waals surface area contributed by atoms with Crippen LogP contribution in [0.15, 0.2) is 53.7 Å². The lowest BCUT2D eigenvalue weighted by atomic mass is 9.88. The lowest BCUT2D eigenvalue weighted by Crippen LogP contribution is -2.36. The van der Waals surface area contributed by atoms with Crippen molar-refractivity contribution in [3.63, 3.8) is 0 Å². The van der Waals surface area contributed by atoms with Crippen LogP contribution in [0.5, 0.6) is 0 Å². The summed E-state index contributed by atoms with van der Waals surface area (Å²) in [5.41, 5.74) is -0.339. The van der Waals surface area contributed by atoms with Crippen molar-refractivity contribution < 1.29 is 26.3 Å². The third kappa shape index (κ3) is 4.85. The van der Waals surface area contributed by atoms with Crippen molar-refractivity contribution >= 4 is 10.0 Å². The minimum Gasteiger partial charge on any atom is -0.381 e. The smallest absolute Gasteiger partial charge is 0.381 e. The molecule has 2 aromatic rings. The first-order valence-corrected chi connectivity index (χ1v) is 9.93. The van der Waals surface area contributed by atoms with E-state index in [0.29, 0.717) is 37.7 Å². The number of nitrogens with one attached hydrogen (secondary N) is 1. The lowest BCUT2D eigenvalue weighted by molar-refractivity contribution is -0.137. The molecule has 1 aliphatic heterocycles. The molecule has 0 bridgehead atoms. The van der Waals surface area contributed by atoms with Gasteiger partial charge in [0.15, 0.2) is 0 Å². The van der Waals surface area contributed by atoms with Gasteiger partial charge in [-0.15, -0.1) is 0 Å². The zero-order valence-corrected chi connectivity index (χ0v) is 15.1. The molecule has 5 nitrogen and oxygen atoms in total. The Hall–Kier alpha value is -1.97. The zero-order valence-electron chi connectivity index (χ0n) is 14.3. The Kier molecular flexibility index (Phi) is 5.83. The van der Waals surface area contributed by atoms with E-state index in [0.717, 1.165) is 18.2 Å². The average Bonchev–Trinajstić information content (AvgIpc) is 2.67. The van der Waals surface area contributed by atoms with Gasteiger partial charge in [0.2, 0.25) is 10.0 Å². The van der Waals surface area contributed by atoms with E-state index >= 15 is 0 Å². The molecule has 1 fully saturated rings. The number of hydrogen-bond donors (Lipinski definition) is 1. The van der Waals surface area contributed by atoms with Gasteiger partial charge in [-0.05, 0) is 48.6 Å². The minimum atomic E-state index is -4.62. The van der Waals surface area contributed by atoms with E-state index in [4.69, 9.17) is 4.74 Å². The Morgan fingerprint density at radius 1 is 1.15 bits per heavy atom. The van der Waals surface area contributed by atoms with E-state index in [1.54, 1.807) is 24.5 Å². The highest BCUT2D eigenvalue weighted by Crippen LogP contribution is 2.33. The molecule has 3 rings (SSSR count). The average molecular weight is 400 g/mol. The first-order valence-electron chi connectivity index (χ1n) is 8.44. The van der Waals surface area contributed by atoms with Crippen molar-refractivity contribution in [3.05, 3.63) is 59.9 Å². The third-order valence-electron chi connectivity index (χ3n) is 4.53. The predicted octanol–water partition coefficient (Wildman–Crippen LogP) is 3.55. The SMILES string of the molecule is O=S(=O)(NC(c1cccnc1)C1CCOCC1)c1cccc(C(F)(F)F)c1. The predicted molar refractivity (Wildman–Crippen MR) is 92.3 cm³/mol.